The van der Waals surface area contributed by atoms with E-state index in [-0.39, 0.29) is 22.4 Å². The zero-order chi connectivity index (χ0) is 6.09. The van der Waals surface area contributed by atoms with Crippen LogP contribution in [0.1, 0.15) is 0 Å². The third-order valence-corrected chi connectivity index (χ3v) is 56.5. The number of rotatable bonds is 0. The van der Waals surface area contributed by atoms with Gasteiger partial charge in [-0.05, 0) is 0 Å². The van der Waals surface area contributed by atoms with Gasteiger partial charge >= 0.3 is 54.7 Å². The average molecular weight is 294 g/mol. The normalized spacial score (nSPS) is 157. The first kappa shape index (κ1) is 4.41. The molecule has 0 aromatic carbocycles. The SMILES string of the molecule is [Ag].[CH]12[CH]3[CH]4[CH]5[CH]1[Fe]23451678[CH]2[CH]1[CH]6[CH]7[CH]28. The van der Waals surface area contributed by atoms with Crippen molar-refractivity contribution in [3.63, 3.8) is 0 Å². The molecule has 69 valence electrons. The fourth-order valence-electron chi connectivity index (χ4n) is 15.8. The molecule has 0 bridgehead atoms. The summed E-state index contributed by atoms with van der Waals surface area (Å²) in [4.78, 5) is 15.9. The molecule has 0 aromatic rings. The van der Waals surface area contributed by atoms with Gasteiger partial charge in [0.1, 0.15) is 0 Å². The van der Waals surface area contributed by atoms with Crippen LogP contribution in [0.5, 0.6) is 0 Å². The van der Waals surface area contributed by atoms with E-state index in [1.165, 1.54) is 0 Å². The number of fused-ring (bicyclic) bond motifs is 10. The molecule has 0 unspecified atom stereocenters. The van der Waals surface area contributed by atoms with E-state index < -0.39 is 6.51 Å². The third-order valence-electron chi connectivity index (χ3n) is 14.5. The van der Waals surface area contributed by atoms with Crippen LogP contribution in [-0.4, -0.2) is 0 Å². The zero-order valence-corrected chi connectivity index (χ0v) is 9.02. The Bertz CT molecular complexity index is 577. The summed E-state index contributed by atoms with van der Waals surface area (Å²) in [5.41, 5.74) is 0. The molecular formula is C10H10AgFe. The van der Waals surface area contributed by atoms with Gasteiger partial charge in [0.2, 0.25) is 0 Å². The van der Waals surface area contributed by atoms with Gasteiger partial charge in [0.15, 0.2) is 0 Å². The van der Waals surface area contributed by atoms with Gasteiger partial charge in [-0.3, -0.25) is 0 Å². The first-order chi connectivity index (χ1) is 5.16. The first-order valence-corrected chi connectivity index (χ1v) is 11.7. The summed E-state index contributed by atoms with van der Waals surface area (Å²) >= 11 is 0. The van der Waals surface area contributed by atoms with Crippen molar-refractivity contribution < 1.29 is 28.9 Å². The van der Waals surface area contributed by atoms with E-state index in [4.69, 9.17) is 0 Å². The quantitative estimate of drug-likeness (QED) is 0.601. The Morgan fingerprint density at radius 3 is 0.583 bits per heavy atom. The van der Waals surface area contributed by atoms with E-state index in [1.54, 1.807) is 48.2 Å². The molecule has 0 amide bonds. The van der Waals surface area contributed by atoms with Crippen molar-refractivity contribution in [1.29, 1.82) is 0 Å². The summed E-state index contributed by atoms with van der Waals surface area (Å²) < 4.78 is 0. The molecule has 2 heteroatoms. The molecule has 0 atom stereocenters. The molecule has 1 radical (unpaired) electrons. The predicted octanol–water partition coefficient (Wildman–Crippen LogP) is 3.37. The van der Waals surface area contributed by atoms with Crippen LogP contribution in [0.2, 0.25) is 48.2 Å². The fourth-order valence-corrected chi connectivity index (χ4v) is 88.0. The van der Waals surface area contributed by atoms with Crippen molar-refractivity contribution in [3.05, 3.63) is 0 Å². The van der Waals surface area contributed by atoms with Gasteiger partial charge in [0.25, 0.3) is 0 Å². The van der Waals surface area contributed by atoms with Gasteiger partial charge in [0.05, 0.1) is 0 Å². The van der Waals surface area contributed by atoms with Crippen molar-refractivity contribution in [2.45, 2.75) is 48.2 Å². The monoisotopic (exact) mass is 293 g/mol. The van der Waals surface area contributed by atoms with Gasteiger partial charge in [-0.2, -0.15) is 0 Å². The molecule has 12 heavy (non-hydrogen) atoms. The second-order valence-corrected chi connectivity index (χ2v) is 33.5. The Hall–Kier alpha value is 1.26. The average Bonchev–Trinajstić information content (AvgIpc) is 3.01. The predicted molar refractivity (Wildman–Crippen MR) is 37.5 cm³/mol. The first-order valence-electron chi connectivity index (χ1n) is 5.37. The number of hydrogen-bond donors (Lipinski definition) is 0. The van der Waals surface area contributed by atoms with Crippen molar-refractivity contribution in [3.8, 4) is 0 Å². The van der Waals surface area contributed by atoms with Crippen LogP contribution in [-0.2, 0) is 28.9 Å². The van der Waals surface area contributed by atoms with Crippen LogP contribution in [0.3, 0.4) is 0 Å². The van der Waals surface area contributed by atoms with E-state index in [1.807, 2.05) is 0 Å². The Kier molecular flexibility index (Phi) is 0.0982. The van der Waals surface area contributed by atoms with Crippen molar-refractivity contribution in [1.82, 2.24) is 0 Å². The Labute approximate surface area is 76.6 Å². The van der Waals surface area contributed by atoms with Crippen molar-refractivity contribution >= 4 is 0 Å². The van der Waals surface area contributed by atoms with Crippen LogP contribution in [0.15, 0.2) is 0 Å². The van der Waals surface area contributed by atoms with Gasteiger partial charge in [-0.1, -0.05) is 0 Å². The van der Waals surface area contributed by atoms with E-state index in [0.717, 1.165) is 0 Å². The van der Waals surface area contributed by atoms with Gasteiger partial charge in [-0.15, -0.1) is 0 Å². The maximum absolute atomic E-state index is 2.28. The van der Waals surface area contributed by atoms with E-state index in [9.17, 15) is 0 Å². The van der Waals surface area contributed by atoms with Crippen LogP contribution in [0.25, 0.3) is 0 Å². The summed E-state index contributed by atoms with van der Waals surface area (Å²) in [5, 5.41) is 0. The second kappa shape index (κ2) is 0.267. The summed E-state index contributed by atoms with van der Waals surface area (Å²) in [5.74, 6) is 0. The minimum atomic E-state index is -2.28. The third kappa shape index (κ3) is 0.0293. The topological polar surface area (TPSA) is 0 Å². The fraction of sp³-hybridized carbons (Fsp3) is 1.00. The van der Waals surface area contributed by atoms with Crippen LogP contribution in [0.4, 0.5) is 0 Å². The van der Waals surface area contributed by atoms with E-state index in [2.05, 4.69) is 0 Å². The molecular weight excluding hydrogens is 284 g/mol. The van der Waals surface area contributed by atoms with Crippen LogP contribution >= 0.6 is 0 Å². The Morgan fingerprint density at radius 2 is 0.583 bits per heavy atom. The number of hydrogen-bond acceptors (Lipinski definition) is 0. The molecule has 10 aliphatic heterocycles. The standard InChI is InChI=1S/2C5H5.Ag.Fe/c2*1-2-4-5-3-1;;/h2*1-5H;;. The molecule has 1 spiro atoms. The van der Waals surface area contributed by atoms with Crippen LogP contribution < -0.4 is 0 Å². The van der Waals surface area contributed by atoms with Crippen LogP contribution in [0, 0.1) is 0 Å². The Balaban J connectivity index is 0.000000400. The molecule has 0 saturated carbocycles. The van der Waals surface area contributed by atoms with Crippen molar-refractivity contribution in [2.24, 2.45) is 0 Å². The second-order valence-electron chi connectivity index (χ2n) is 9.58. The minimum absolute atomic E-state index is 0. The molecule has 10 rings (SSSR count). The van der Waals surface area contributed by atoms with Gasteiger partial charge in [-0.25, -0.2) is 0 Å². The maximum atomic E-state index is 1.59. The molecule has 0 N–H and O–H groups in total. The molecule has 10 fully saturated rings. The molecule has 10 saturated heterocycles. The molecule has 0 aromatic heterocycles. The Morgan fingerprint density at radius 1 is 0.417 bits per heavy atom. The summed E-state index contributed by atoms with van der Waals surface area (Å²) in [6.45, 7) is -2.28. The molecule has 0 nitrogen and oxygen atoms in total. The van der Waals surface area contributed by atoms with Gasteiger partial charge < -0.3 is 0 Å². The summed E-state index contributed by atoms with van der Waals surface area (Å²) in [6, 6.07) is 0. The van der Waals surface area contributed by atoms with E-state index in [0.29, 0.717) is 0 Å². The molecule has 10 heterocycles. The molecule has 10 aliphatic rings. The van der Waals surface area contributed by atoms with Gasteiger partial charge in [0, 0.05) is 22.4 Å². The summed E-state index contributed by atoms with van der Waals surface area (Å²) in [6.07, 6.45) is 0. The molecule has 0 aliphatic carbocycles. The zero-order valence-electron chi connectivity index (χ0n) is 6.43. The van der Waals surface area contributed by atoms with E-state index >= 15 is 0 Å². The van der Waals surface area contributed by atoms with Crippen molar-refractivity contribution in [2.75, 3.05) is 0 Å². The summed E-state index contributed by atoms with van der Waals surface area (Å²) in [7, 11) is 0.